The molecule has 2 aromatic rings. The Balaban J connectivity index is 2.07. The second-order valence-corrected chi connectivity index (χ2v) is 4.52. The Hall–Kier alpha value is -2.43. The van der Waals surface area contributed by atoms with Crippen molar-refractivity contribution < 1.29 is 18.3 Å². The van der Waals surface area contributed by atoms with Crippen LogP contribution in [-0.2, 0) is 4.79 Å². The number of hydrogen-bond acceptors (Lipinski definition) is 2. The second-order valence-electron chi connectivity index (χ2n) is 4.52. The maximum absolute atomic E-state index is 13.7. The van der Waals surface area contributed by atoms with Crippen molar-refractivity contribution in [2.75, 3.05) is 12.4 Å². The number of amides is 1. The van der Waals surface area contributed by atoms with Crippen LogP contribution < -0.4 is 10.1 Å². The van der Waals surface area contributed by atoms with Crippen molar-refractivity contribution in [3.8, 4) is 5.75 Å². The molecule has 1 N–H and O–H groups in total. The van der Waals surface area contributed by atoms with Crippen LogP contribution in [0.15, 0.2) is 36.4 Å². The van der Waals surface area contributed by atoms with Gasteiger partial charge in [-0.25, -0.2) is 8.78 Å². The van der Waals surface area contributed by atoms with Gasteiger partial charge in [-0.05, 0) is 29.3 Å². The van der Waals surface area contributed by atoms with E-state index in [4.69, 9.17) is 4.74 Å². The van der Waals surface area contributed by atoms with Gasteiger partial charge in [0.2, 0.25) is 5.91 Å². The molecule has 1 heterocycles. The predicted molar refractivity (Wildman–Crippen MR) is 69.8 cm³/mol. The van der Waals surface area contributed by atoms with Gasteiger partial charge in [0, 0.05) is 0 Å². The summed E-state index contributed by atoms with van der Waals surface area (Å²) >= 11 is 0. The van der Waals surface area contributed by atoms with Crippen LogP contribution in [0, 0.1) is 11.6 Å². The standard InChI is InChI=1S/C15H11F2NO2/c1-20-9-4-2-8(3-5-9)12-10-6-7-11(16)13(17)14(10)18-15(12)19/h2-7,12H,1H3,(H,18,19). The summed E-state index contributed by atoms with van der Waals surface area (Å²) in [5.74, 6) is -2.33. The molecule has 1 aliphatic heterocycles. The van der Waals surface area contributed by atoms with E-state index in [1.54, 1.807) is 31.4 Å². The van der Waals surface area contributed by atoms with Crippen molar-refractivity contribution in [1.82, 2.24) is 0 Å². The van der Waals surface area contributed by atoms with Gasteiger partial charge in [0.1, 0.15) is 5.75 Å². The monoisotopic (exact) mass is 275 g/mol. The third-order valence-corrected chi connectivity index (χ3v) is 3.40. The Bertz CT molecular complexity index is 683. The topological polar surface area (TPSA) is 38.3 Å². The van der Waals surface area contributed by atoms with E-state index in [2.05, 4.69) is 5.32 Å². The number of fused-ring (bicyclic) bond motifs is 1. The van der Waals surface area contributed by atoms with Gasteiger partial charge in [0.15, 0.2) is 11.6 Å². The molecule has 1 atom stereocenters. The summed E-state index contributed by atoms with van der Waals surface area (Å²) in [4.78, 5) is 12.0. The SMILES string of the molecule is COc1ccc(C2C(=O)Nc3c2ccc(F)c3F)cc1. The number of benzene rings is 2. The maximum atomic E-state index is 13.7. The van der Waals surface area contributed by atoms with Gasteiger partial charge in [-0.15, -0.1) is 0 Å². The summed E-state index contributed by atoms with van der Waals surface area (Å²) in [6.07, 6.45) is 0. The van der Waals surface area contributed by atoms with Gasteiger partial charge < -0.3 is 10.1 Å². The molecular formula is C15H11F2NO2. The lowest BCUT2D eigenvalue weighted by molar-refractivity contribution is -0.116. The van der Waals surface area contributed by atoms with Crippen molar-refractivity contribution >= 4 is 11.6 Å². The van der Waals surface area contributed by atoms with E-state index in [0.717, 1.165) is 6.07 Å². The zero-order valence-electron chi connectivity index (χ0n) is 10.6. The van der Waals surface area contributed by atoms with Gasteiger partial charge in [0.05, 0.1) is 18.7 Å². The zero-order valence-corrected chi connectivity index (χ0v) is 10.6. The van der Waals surface area contributed by atoms with Crippen molar-refractivity contribution in [2.24, 2.45) is 0 Å². The summed E-state index contributed by atoms with van der Waals surface area (Å²) < 4.78 is 31.9. The summed E-state index contributed by atoms with van der Waals surface area (Å²) in [6.45, 7) is 0. The Morgan fingerprint density at radius 3 is 2.45 bits per heavy atom. The van der Waals surface area contributed by atoms with Crippen molar-refractivity contribution in [2.45, 2.75) is 5.92 Å². The first kappa shape index (κ1) is 12.6. The van der Waals surface area contributed by atoms with Gasteiger partial charge in [0.25, 0.3) is 0 Å². The Labute approximate surface area is 114 Å². The van der Waals surface area contributed by atoms with Gasteiger partial charge >= 0.3 is 0 Å². The number of hydrogen-bond donors (Lipinski definition) is 1. The molecule has 0 radical (unpaired) electrons. The first-order chi connectivity index (χ1) is 9.61. The number of carbonyl (C=O) groups excluding carboxylic acids is 1. The molecule has 102 valence electrons. The summed E-state index contributed by atoms with van der Waals surface area (Å²) in [5, 5.41) is 2.40. The minimum absolute atomic E-state index is 0.0733. The number of halogens is 2. The molecule has 2 aromatic carbocycles. The van der Waals surface area contributed by atoms with E-state index in [1.165, 1.54) is 6.07 Å². The number of rotatable bonds is 2. The molecule has 0 aliphatic carbocycles. The number of nitrogens with one attached hydrogen (secondary N) is 1. The van der Waals surface area contributed by atoms with Crippen LogP contribution in [0.4, 0.5) is 14.5 Å². The van der Waals surface area contributed by atoms with Crippen molar-refractivity contribution in [3.05, 3.63) is 59.2 Å². The van der Waals surface area contributed by atoms with Crippen LogP contribution in [0.1, 0.15) is 17.0 Å². The Morgan fingerprint density at radius 2 is 1.80 bits per heavy atom. The Kier molecular flexibility index (Phi) is 2.89. The van der Waals surface area contributed by atoms with Crippen LogP contribution >= 0.6 is 0 Å². The Morgan fingerprint density at radius 1 is 1.10 bits per heavy atom. The smallest absolute Gasteiger partial charge is 0.236 e. The average molecular weight is 275 g/mol. The van der Waals surface area contributed by atoms with E-state index in [-0.39, 0.29) is 11.6 Å². The molecule has 0 saturated heterocycles. The molecule has 1 amide bonds. The maximum Gasteiger partial charge on any atom is 0.236 e. The highest BCUT2D eigenvalue weighted by Gasteiger charge is 2.34. The van der Waals surface area contributed by atoms with E-state index < -0.39 is 17.6 Å². The molecule has 0 saturated carbocycles. The fourth-order valence-corrected chi connectivity index (χ4v) is 2.40. The van der Waals surface area contributed by atoms with E-state index in [1.807, 2.05) is 0 Å². The molecule has 1 aliphatic rings. The molecule has 0 bridgehead atoms. The van der Waals surface area contributed by atoms with Crippen LogP contribution in [0.25, 0.3) is 0 Å². The van der Waals surface area contributed by atoms with Crippen LogP contribution in [0.3, 0.4) is 0 Å². The van der Waals surface area contributed by atoms with Gasteiger partial charge in [-0.3, -0.25) is 4.79 Å². The first-order valence-electron chi connectivity index (χ1n) is 6.04. The molecule has 5 heteroatoms. The third kappa shape index (κ3) is 1.82. The number of anilines is 1. The summed E-state index contributed by atoms with van der Waals surface area (Å²) in [7, 11) is 1.55. The van der Waals surface area contributed by atoms with E-state index in [0.29, 0.717) is 16.9 Å². The number of carbonyl (C=O) groups is 1. The lowest BCUT2D eigenvalue weighted by Gasteiger charge is -2.10. The largest absolute Gasteiger partial charge is 0.497 e. The fourth-order valence-electron chi connectivity index (χ4n) is 2.40. The van der Waals surface area contributed by atoms with Gasteiger partial charge in [-0.2, -0.15) is 0 Å². The minimum atomic E-state index is -1.02. The zero-order chi connectivity index (χ0) is 14.3. The quantitative estimate of drug-likeness (QED) is 0.914. The average Bonchev–Trinajstić information content (AvgIpc) is 2.80. The normalized spacial score (nSPS) is 16.8. The summed E-state index contributed by atoms with van der Waals surface area (Å²) in [5.41, 5.74) is 1.07. The van der Waals surface area contributed by atoms with Crippen LogP contribution in [0.2, 0.25) is 0 Å². The molecule has 3 rings (SSSR count). The van der Waals surface area contributed by atoms with Gasteiger partial charge in [-0.1, -0.05) is 18.2 Å². The lowest BCUT2D eigenvalue weighted by Crippen LogP contribution is -2.13. The van der Waals surface area contributed by atoms with E-state index >= 15 is 0 Å². The molecule has 0 fully saturated rings. The minimum Gasteiger partial charge on any atom is -0.497 e. The highest BCUT2D eigenvalue weighted by molar-refractivity contribution is 6.05. The highest BCUT2D eigenvalue weighted by atomic mass is 19.2. The number of methoxy groups -OCH3 is 1. The highest BCUT2D eigenvalue weighted by Crippen LogP contribution is 2.39. The third-order valence-electron chi connectivity index (χ3n) is 3.40. The lowest BCUT2D eigenvalue weighted by atomic mass is 9.92. The molecule has 3 nitrogen and oxygen atoms in total. The molecular weight excluding hydrogens is 264 g/mol. The van der Waals surface area contributed by atoms with Crippen molar-refractivity contribution in [1.29, 1.82) is 0 Å². The van der Waals surface area contributed by atoms with Crippen LogP contribution in [-0.4, -0.2) is 13.0 Å². The van der Waals surface area contributed by atoms with Crippen molar-refractivity contribution in [3.63, 3.8) is 0 Å². The molecule has 20 heavy (non-hydrogen) atoms. The molecule has 1 unspecified atom stereocenters. The van der Waals surface area contributed by atoms with E-state index in [9.17, 15) is 13.6 Å². The second kappa shape index (κ2) is 4.59. The van der Waals surface area contributed by atoms with Crippen LogP contribution in [0.5, 0.6) is 5.75 Å². The number of ether oxygens (including phenoxy) is 1. The first-order valence-corrected chi connectivity index (χ1v) is 6.04. The predicted octanol–water partition coefficient (Wildman–Crippen LogP) is 3.06. The fraction of sp³-hybridized carbons (Fsp3) is 0.133. The molecule has 0 aromatic heterocycles. The summed E-state index contributed by atoms with van der Waals surface area (Å²) in [6, 6.07) is 9.38. The molecule has 0 spiro atoms.